The maximum Gasteiger partial charge on any atom is 0.284 e. The van der Waals surface area contributed by atoms with Gasteiger partial charge in [-0.25, -0.2) is 4.79 Å². The zero-order chi connectivity index (χ0) is 13.0. The van der Waals surface area contributed by atoms with Crippen LogP contribution in [0, 0.1) is 0 Å². The van der Waals surface area contributed by atoms with Gasteiger partial charge < -0.3 is 4.74 Å². The van der Waals surface area contributed by atoms with Gasteiger partial charge in [-0.05, 0) is 12.8 Å². The van der Waals surface area contributed by atoms with Gasteiger partial charge in [0.2, 0.25) is 6.08 Å². The van der Waals surface area contributed by atoms with Gasteiger partial charge in [0.15, 0.2) is 6.17 Å². The summed E-state index contributed by atoms with van der Waals surface area (Å²) in [6.07, 6.45) is 3.46. The molecule has 0 bridgehead atoms. The summed E-state index contributed by atoms with van der Waals surface area (Å²) in [5.74, 6) is 0. The molecule has 102 valence electrons. The van der Waals surface area contributed by atoms with E-state index < -0.39 is 16.4 Å². The van der Waals surface area contributed by atoms with Gasteiger partial charge in [0, 0.05) is 19.6 Å². The predicted octanol–water partition coefficient (Wildman–Crippen LogP) is -0.289. The molecule has 2 aliphatic rings. The average molecular weight is 275 g/mol. The molecule has 1 atom stereocenters. The van der Waals surface area contributed by atoms with Crippen LogP contribution in [0.25, 0.3) is 0 Å². The third-order valence-electron chi connectivity index (χ3n) is 3.19. The lowest BCUT2D eigenvalue weighted by molar-refractivity contribution is 0.0326. The lowest BCUT2D eigenvalue weighted by Crippen LogP contribution is -2.54. The Kier molecular flexibility index (Phi) is 4.47. The highest BCUT2D eigenvalue weighted by atomic mass is 32.2. The van der Waals surface area contributed by atoms with E-state index in [9.17, 15) is 13.2 Å². The largest absolute Gasteiger partial charge is 0.376 e. The number of nitrogens with zero attached hydrogens (tertiary/aromatic N) is 3. The number of aliphatic imine (C=N–C) groups is 1. The normalized spacial score (nSPS) is 27.7. The molecule has 0 aliphatic carbocycles. The summed E-state index contributed by atoms with van der Waals surface area (Å²) in [6, 6.07) is 0. The first-order chi connectivity index (χ1) is 8.66. The van der Waals surface area contributed by atoms with E-state index in [1.807, 2.05) is 0 Å². The Hall–Kier alpha value is -0.790. The standard InChI is InChI=1S/C10H17N3O4S/c14-9-11-10-8-17-7-6-13(10)18(15,16)12-4-2-1-3-5-12/h10H,1-8H2. The number of hydrogen-bond acceptors (Lipinski definition) is 5. The minimum absolute atomic E-state index is 0.113. The van der Waals surface area contributed by atoms with Crippen LogP contribution in [-0.2, 0) is 19.7 Å². The molecule has 0 radical (unpaired) electrons. The Balaban J connectivity index is 2.17. The van der Waals surface area contributed by atoms with Crippen molar-refractivity contribution in [1.82, 2.24) is 8.61 Å². The van der Waals surface area contributed by atoms with E-state index in [0.717, 1.165) is 19.3 Å². The summed E-state index contributed by atoms with van der Waals surface area (Å²) >= 11 is 0. The van der Waals surface area contributed by atoms with Gasteiger partial charge in [0.05, 0.1) is 13.2 Å². The van der Waals surface area contributed by atoms with Crippen molar-refractivity contribution in [3.05, 3.63) is 0 Å². The molecular formula is C10H17N3O4S. The second kappa shape index (κ2) is 5.90. The van der Waals surface area contributed by atoms with E-state index in [4.69, 9.17) is 4.74 Å². The van der Waals surface area contributed by atoms with Crippen LogP contribution >= 0.6 is 0 Å². The summed E-state index contributed by atoms with van der Waals surface area (Å²) in [4.78, 5) is 13.9. The van der Waals surface area contributed by atoms with Gasteiger partial charge in [-0.2, -0.15) is 22.0 Å². The van der Waals surface area contributed by atoms with Crippen molar-refractivity contribution in [2.75, 3.05) is 32.8 Å². The summed E-state index contributed by atoms with van der Waals surface area (Å²) in [5, 5.41) is 0. The third-order valence-corrected chi connectivity index (χ3v) is 5.23. The van der Waals surface area contributed by atoms with Crippen molar-refractivity contribution in [2.45, 2.75) is 25.4 Å². The Morgan fingerprint density at radius 3 is 2.56 bits per heavy atom. The number of ether oxygens (including phenoxy) is 1. The van der Waals surface area contributed by atoms with Crippen LogP contribution < -0.4 is 0 Å². The Labute approximate surface area is 107 Å². The van der Waals surface area contributed by atoms with Crippen molar-refractivity contribution in [2.24, 2.45) is 4.99 Å². The zero-order valence-corrected chi connectivity index (χ0v) is 10.9. The van der Waals surface area contributed by atoms with Gasteiger partial charge in [-0.15, -0.1) is 0 Å². The molecule has 18 heavy (non-hydrogen) atoms. The molecule has 8 heteroatoms. The molecule has 2 heterocycles. The van der Waals surface area contributed by atoms with Crippen LogP contribution in [0.3, 0.4) is 0 Å². The molecule has 0 N–H and O–H groups in total. The van der Waals surface area contributed by atoms with Crippen molar-refractivity contribution in [3.8, 4) is 0 Å². The topological polar surface area (TPSA) is 79.3 Å². The Morgan fingerprint density at radius 2 is 1.89 bits per heavy atom. The fourth-order valence-electron chi connectivity index (χ4n) is 2.25. The molecule has 0 aromatic rings. The molecule has 2 rings (SSSR count). The van der Waals surface area contributed by atoms with Crippen LogP contribution in [0.5, 0.6) is 0 Å². The molecule has 0 saturated carbocycles. The molecule has 0 aromatic heterocycles. The smallest absolute Gasteiger partial charge is 0.284 e. The third kappa shape index (κ3) is 2.78. The van der Waals surface area contributed by atoms with E-state index in [1.165, 1.54) is 14.7 Å². The number of isocyanates is 1. The second-order valence-corrected chi connectivity index (χ2v) is 6.24. The Bertz CT molecular complexity index is 426. The first-order valence-corrected chi connectivity index (χ1v) is 7.47. The van der Waals surface area contributed by atoms with Crippen LogP contribution in [-0.4, -0.2) is 62.1 Å². The Morgan fingerprint density at radius 1 is 1.17 bits per heavy atom. The van der Waals surface area contributed by atoms with Crippen LogP contribution in [0.1, 0.15) is 19.3 Å². The van der Waals surface area contributed by atoms with Gasteiger partial charge in [0.25, 0.3) is 10.2 Å². The highest BCUT2D eigenvalue weighted by Crippen LogP contribution is 2.20. The van der Waals surface area contributed by atoms with Crippen molar-refractivity contribution < 1.29 is 17.9 Å². The van der Waals surface area contributed by atoms with Gasteiger partial charge >= 0.3 is 0 Å². The lowest BCUT2D eigenvalue weighted by atomic mass is 10.2. The summed E-state index contributed by atoms with van der Waals surface area (Å²) in [6.45, 7) is 1.75. The first kappa shape index (κ1) is 13.6. The van der Waals surface area contributed by atoms with E-state index in [0.29, 0.717) is 19.7 Å². The fraction of sp³-hybridized carbons (Fsp3) is 0.900. The second-order valence-electron chi connectivity index (χ2n) is 4.35. The molecular weight excluding hydrogens is 258 g/mol. The van der Waals surface area contributed by atoms with Gasteiger partial charge in [0.1, 0.15) is 0 Å². The molecule has 0 amide bonds. The lowest BCUT2D eigenvalue weighted by Gasteiger charge is -2.36. The molecule has 2 aliphatic heterocycles. The molecule has 7 nitrogen and oxygen atoms in total. The number of morpholine rings is 1. The summed E-state index contributed by atoms with van der Waals surface area (Å²) in [7, 11) is -3.54. The van der Waals surface area contributed by atoms with Crippen LogP contribution in [0.2, 0.25) is 0 Å². The molecule has 0 aromatic carbocycles. The maximum absolute atomic E-state index is 12.4. The fourth-order valence-corrected chi connectivity index (χ4v) is 3.99. The van der Waals surface area contributed by atoms with E-state index in [2.05, 4.69) is 4.99 Å². The van der Waals surface area contributed by atoms with Crippen molar-refractivity contribution in [3.63, 3.8) is 0 Å². The SMILES string of the molecule is O=C=NC1COCCN1S(=O)(=O)N1CCCCC1. The number of hydrogen-bond donors (Lipinski definition) is 0. The maximum atomic E-state index is 12.4. The molecule has 2 fully saturated rings. The number of rotatable bonds is 3. The van der Waals surface area contributed by atoms with Gasteiger partial charge in [-0.1, -0.05) is 6.42 Å². The summed E-state index contributed by atoms with van der Waals surface area (Å²) in [5.41, 5.74) is 0. The average Bonchev–Trinajstić information content (AvgIpc) is 2.41. The van der Waals surface area contributed by atoms with Crippen molar-refractivity contribution >= 4 is 16.3 Å². The summed E-state index contributed by atoms with van der Waals surface area (Å²) < 4.78 is 32.7. The number of piperidine rings is 1. The first-order valence-electron chi connectivity index (χ1n) is 6.08. The predicted molar refractivity (Wildman–Crippen MR) is 63.8 cm³/mol. The monoisotopic (exact) mass is 275 g/mol. The molecule has 1 unspecified atom stereocenters. The quantitative estimate of drug-likeness (QED) is 0.524. The van der Waals surface area contributed by atoms with Gasteiger partial charge in [-0.3, -0.25) is 0 Å². The van der Waals surface area contributed by atoms with Crippen LogP contribution in [0.4, 0.5) is 0 Å². The van der Waals surface area contributed by atoms with Crippen LogP contribution in [0.15, 0.2) is 4.99 Å². The zero-order valence-electron chi connectivity index (χ0n) is 10.1. The van der Waals surface area contributed by atoms with Crippen molar-refractivity contribution in [1.29, 1.82) is 0 Å². The van der Waals surface area contributed by atoms with E-state index >= 15 is 0 Å². The van der Waals surface area contributed by atoms with E-state index in [1.54, 1.807) is 0 Å². The molecule has 0 spiro atoms. The number of carbonyl (C=O) groups excluding carboxylic acids is 1. The molecule has 2 saturated heterocycles. The minimum Gasteiger partial charge on any atom is -0.376 e. The highest BCUT2D eigenvalue weighted by Gasteiger charge is 2.37. The van der Waals surface area contributed by atoms with E-state index in [-0.39, 0.29) is 13.2 Å². The minimum atomic E-state index is -3.54. The highest BCUT2D eigenvalue weighted by molar-refractivity contribution is 7.86.